The van der Waals surface area contributed by atoms with Crippen molar-refractivity contribution in [3.63, 3.8) is 0 Å². The van der Waals surface area contributed by atoms with Crippen molar-refractivity contribution in [2.24, 2.45) is 0 Å². The fourth-order valence-corrected chi connectivity index (χ4v) is 0.958. The summed E-state index contributed by atoms with van der Waals surface area (Å²) >= 11 is 0. The van der Waals surface area contributed by atoms with Crippen LogP contribution in [0.5, 0.6) is 0 Å². The number of hydrogen-bond donors (Lipinski definition) is 1. The number of anilines is 1. The van der Waals surface area contributed by atoms with Crippen LogP contribution in [0.3, 0.4) is 0 Å². The molecule has 0 spiro atoms. The molecule has 2 nitrogen and oxygen atoms in total. The lowest BCUT2D eigenvalue weighted by atomic mass is 10.1. The average Bonchev–Trinajstić information content (AvgIpc) is 2.05. The van der Waals surface area contributed by atoms with Gasteiger partial charge in [-0.25, -0.2) is 0 Å². The summed E-state index contributed by atoms with van der Waals surface area (Å²) in [5, 5.41) is 2.70. The molecule has 0 aliphatic rings. The van der Waals surface area contributed by atoms with E-state index in [0.717, 1.165) is 12.1 Å². The Morgan fingerprint density at radius 2 is 2.00 bits per heavy atom. The Balaban J connectivity index is 2.71. The molecule has 0 atom stereocenters. The summed E-state index contributed by atoms with van der Waals surface area (Å²) in [6.07, 6.45) is 0.778. The first kappa shape index (κ1) is 8.78. The van der Waals surface area contributed by atoms with E-state index in [2.05, 4.69) is 12.2 Å². The van der Waals surface area contributed by atoms with E-state index in [1.165, 1.54) is 12.5 Å². The Bertz CT molecular complexity index is 264. The minimum absolute atomic E-state index is 0.0441. The number of hydrogen-bond acceptors (Lipinski definition) is 1. The molecule has 1 aromatic carbocycles. The zero-order valence-electron chi connectivity index (χ0n) is 7.13. The first-order chi connectivity index (χ1) is 5.72. The van der Waals surface area contributed by atoms with E-state index in [0.29, 0.717) is 0 Å². The van der Waals surface area contributed by atoms with Gasteiger partial charge in [0.05, 0.1) is 0 Å². The van der Waals surface area contributed by atoms with E-state index in [9.17, 15) is 4.79 Å². The molecule has 1 radical (unpaired) electrons. The van der Waals surface area contributed by atoms with Crippen LogP contribution >= 0.6 is 0 Å². The molecule has 0 fully saturated rings. The maximum Gasteiger partial charge on any atom is 0.221 e. The summed E-state index contributed by atoms with van der Waals surface area (Å²) in [5.74, 6) is -0.0441. The molecule has 2 heteroatoms. The molecule has 1 N–H and O–H groups in total. The van der Waals surface area contributed by atoms with Crippen LogP contribution in [0.15, 0.2) is 24.3 Å². The topological polar surface area (TPSA) is 29.1 Å². The van der Waals surface area contributed by atoms with Gasteiger partial charge in [-0.05, 0) is 31.0 Å². The first-order valence-corrected chi connectivity index (χ1v) is 3.88. The normalized spacial score (nSPS) is 9.50. The van der Waals surface area contributed by atoms with E-state index in [1.807, 2.05) is 24.3 Å². The van der Waals surface area contributed by atoms with Gasteiger partial charge in [0.25, 0.3) is 0 Å². The highest BCUT2D eigenvalue weighted by Crippen LogP contribution is 2.09. The molecule has 0 aliphatic carbocycles. The summed E-state index contributed by atoms with van der Waals surface area (Å²) < 4.78 is 0. The van der Waals surface area contributed by atoms with Crippen molar-refractivity contribution in [3.8, 4) is 0 Å². The summed E-state index contributed by atoms with van der Waals surface area (Å²) in [6, 6.07) is 7.67. The maximum absolute atomic E-state index is 10.6. The van der Waals surface area contributed by atoms with E-state index in [1.54, 1.807) is 0 Å². The second-order valence-corrected chi connectivity index (χ2v) is 2.63. The zero-order valence-corrected chi connectivity index (χ0v) is 7.13. The van der Waals surface area contributed by atoms with Gasteiger partial charge in [0, 0.05) is 12.6 Å². The third-order valence-electron chi connectivity index (χ3n) is 1.56. The van der Waals surface area contributed by atoms with Crippen LogP contribution < -0.4 is 5.32 Å². The Morgan fingerprint density at radius 3 is 2.42 bits per heavy atom. The number of benzene rings is 1. The fourth-order valence-electron chi connectivity index (χ4n) is 0.958. The van der Waals surface area contributed by atoms with Crippen molar-refractivity contribution in [1.82, 2.24) is 0 Å². The highest BCUT2D eigenvalue weighted by atomic mass is 16.1. The second-order valence-electron chi connectivity index (χ2n) is 2.63. The molecule has 0 heterocycles. The molecule has 0 saturated carbocycles. The third-order valence-corrected chi connectivity index (χ3v) is 1.56. The minimum Gasteiger partial charge on any atom is -0.326 e. The molecular weight excluding hydrogens is 150 g/mol. The monoisotopic (exact) mass is 162 g/mol. The Kier molecular flexibility index (Phi) is 2.86. The molecule has 0 saturated heterocycles. The molecule has 12 heavy (non-hydrogen) atoms. The largest absolute Gasteiger partial charge is 0.326 e. The number of amides is 1. The summed E-state index contributed by atoms with van der Waals surface area (Å²) in [5.41, 5.74) is 2.00. The lowest BCUT2D eigenvalue weighted by Gasteiger charge is -2.01. The SMILES string of the molecule is [CH2]Cc1ccc(NC(C)=O)cc1. The lowest BCUT2D eigenvalue weighted by Crippen LogP contribution is -2.05. The second kappa shape index (κ2) is 3.90. The summed E-state index contributed by atoms with van der Waals surface area (Å²) in [4.78, 5) is 10.6. The van der Waals surface area contributed by atoms with Gasteiger partial charge < -0.3 is 5.32 Å². The highest BCUT2D eigenvalue weighted by Gasteiger charge is 1.93. The van der Waals surface area contributed by atoms with Crippen LogP contribution in [0.2, 0.25) is 0 Å². The van der Waals surface area contributed by atoms with E-state index in [4.69, 9.17) is 0 Å². The quantitative estimate of drug-likeness (QED) is 0.708. The maximum atomic E-state index is 10.6. The van der Waals surface area contributed by atoms with Crippen molar-refractivity contribution in [3.05, 3.63) is 36.8 Å². The van der Waals surface area contributed by atoms with Crippen LogP contribution in [-0.4, -0.2) is 5.91 Å². The van der Waals surface area contributed by atoms with Crippen LogP contribution in [0.4, 0.5) is 5.69 Å². The van der Waals surface area contributed by atoms with E-state index >= 15 is 0 Å². The van der Waals surface area contributed by atoms with Gasteiger partial charge in [-0.2, -0.15) is 0 Å². The Morgan fingerprint density at radius 1 is 1.42 bits per heavy atom. The molecule has 1 amide bonds. The molecule has 0 aliphatic heterocycles. The van der Waals surface area contributed by atoms with Gasteiger partial charge >= 0.3 is 0 Å². The van der Waals surface area contributed by atoms with Crippen molar-refractivity contribution in [2.45, 2.75) is 13.3 Å². The molecule has 0 unspecified atom stereocenters. The minimum atomic E-state index is -0.0441. The number of carbonyl (C=O) groups is 1. The molecular formula is C10H12NO. The van der Waals surface area contributed by atoms with Crippen molar-refractivity contribution >= 4 is 11.6 Å². The van der Waals surface area contributed by atoms with Crippen molar-refractivity contribution < 1.29 is 4.79 Å². The molecule has 1 rings (SSSR count). The number of carbonyl (C=O) groups excluding carboxylic acids is 1. The smallest absolute Gasteiger partial charge is 0.221 e. The standard InChI is InChI=1S/C10H12NO/c1-3-9-4-6-10(7-5-9)11-8(2)12/h4-7H,1,3H2,2H3,(H,11,12). The van der Waals surface area contributed by atoms with Crippen molar-refractivity contribution in [2.75, 3.05) is 5.32 Å². The zero-order chi connectivity index (χ0) is 8.97. The third kappa shape index (κ3) is 2.38. The molecule has 63 valence electrons. The van der Waals surface area contributed by atoms with Gasteiger partial charge in [-0.1, -0.05) is 12.1 Å². The Labute approximate surface area is 72.6 Å². The number of nitrogens with one attached hydrogen (secondary N) is 1. The molecule has 0 aromatic heterocycles. The fraction of sp³-hybridized carbons (Fsp3) is 0.200. The van der Waals surface area contributed by atoms with Gasteiger partial charge in [0.2, 0.25) is 5.91 Å². The first-order valence-electron chi connectivity index (χ1n) is 3.88. The van der Waals surface area contributed by atoms with Crippen LogP contribution in [0, 0.1) is 6.92 Å². The van der Waals surface area contributed by atoms with Crippen LogP contribution in [-0.2, 0) is 11.2 Å². The van der Waals surface area contributed by atoms with Gasteiger partial charge in [0.1, 0.15) is 0 Å². The van der Waals surface area contributed by atoms with E-state index < -0.39 is 0 Å². The number of rotatable bonds is 2. The van der Waals surface area contributed by atoms with Crippen molar-refractivity contribution in [1.29, 1.82) is 0 Å². The van der Waals surface area contributed by atoms with Gasteiger partial charge in [0.15, 0.2) is 0 Å². The average molecular weight is 162 g/mol. The predicted molar refractivity (Wildman–Crippen MR) is 49.8 cm³/mol. The highest BCUT2D eigenvalue weighted by molar-refractivity contribution is 5.88. The Hall–Kier alpha value is -1.31. The molecule has 0 bridgehead atoms. The van der Waals surface area contributed by atoms with Gasteiger partial charge in [-0.3, -0.25) is 4.79 Å². The van der Waals surface area contributed by atoms with Crippen LogP contribution in [0.25, 0.3) is 0 Å². The van der Waals surface area contributed by atoms with E-state index in [-0.39, 0.29) is 5.91 Å². The predicted octanol–water partition coefficient (Wildman–Crippen LogP) is 2.02. The molecule has 1 aromatic rings. The van der Waals surface area contributed by atoms with Crippen LogP contribution in [0.1, 0.15) is 12.5 Å². The van der Waals surface area contributed by atoms with Gasteiger partial charge in [-0.15, -0.1) is 0 Å². The lowest BCUT2D eigenvalue weighted by molar-refractivity contribution is -0.114. The summed E-state index contributed by atoms with van der Waals surface area (Å²) in [6.45, 7) is 5.25. The summed E-state index contributed by atoms with van der Waals surface area (Å²) in [7, 11) is 0.